The third-order valence-electron chi connectivity index (χ3n) is 14.0. The first kappa shape index (κ1) is 179. The molecule has 0 aliphatic carbocycles. The average Bonchev–Trinajstić information content (AvgIpc) is 0.874. The van der Waals surface area contributed by atoms with Gasteiger partial charge in [0.05, 0.1) is 0 Å². The molecule has 0 heterocycles. The van der Waals surface area contributed by atoms with Gasteiger partial charge >= 0.3 is 101 Å². The zero-order valence-corrected chi connectivity index (χ0v) is 121. The van der Waals surface area contributed by atoms with Crippen molar-refractivity contribution in [1.29, 1.82) is 0 Å². The Hall–Kier alpha value is 4.92. The van der Waals surface area contributed by atoms with Crippen molar-refractivity contribution in [2.24, 2.45) is 0 Å². The zero-order valence-electron chi connectivity index (χ0n) is 103. The molecule has 0 fully saturated rings. The molecule has 132 heavy (non-hydrogen) atoms. The Labute approximate surface area is 913 Å². The second kappa shape index (κ2) is 82.7. The van der Waals surface area contributed by atoms with Gasteiger partial charge in [0, 0.05) is 0 Å². The summed E-state index contributed by atoms with van der Waals surface area (Å²) in [5, 5.41) is 0. The smallest absolute Gasteiger partial charge is 0.665 e. The van der Waals surface area contributed by atoms with Gasteiger partial charge in [0.15, 0.2) is 0 Å². The first-order valence-electron chi connectivity index (χ1n) is 49.2. The van der Waals surface area contributed by atoms with Gasteiger partial charge < -0.3 is 89.2 Å². The van der Waals surface area contributed by atoms with Gasteiger partial charge in [-0.2, -0.15) is 0 Å². The SMILES string of the molecule is CC(C)(C)[N-][Si](C)(C)C.CC(C)(C)[N-][Si](C)(C)C.CC(C)(C)[N-][Si](C)(C)C.CC(C)(C)[N-][Si](C)(C)C.CC(C)(C)[N-][Si](C)(C)C.CC(C)(C)[N-][Si](C)(C)C.CCN(CC)CC(C)(C)[N-][Si](C)(C)C.CCN(CC)CCC[N-][Si](C)(C)C.CCN(CC)CC[N-][Si](C)(C)C.CN(C)CC(C)(C)[N-][Si](C)(C)C.CN(C)CCC[N-][Si](C)(C)C.CN(C)CC[N-][Si](C)(C)C.[Co+3].[Co+3].[Co+3].[Co+3].[Co+3].[Co+3]. The van der Waals surface area contributed by atoms with E-state index >= 15 is 0 Å². The van der Waals surface area contributed by atoms with Crippen LogP contribution in [0.15, 0.2) is 0 Å². The first-order valence-corrected chi connectivity index (χ1v) is 90.5. The van der Waals surface area contributed by atoms with E-state index in [1.165, 1.54) is 32.5 Å². The third-order valence-corrected chi connectivity index (χ3v) is 29.3. The summed E-state index contributed by atoms with van der Waals surface area (Å²) in [5.74, 6) is 0. The number of hydrogen-bond acceptors (Lipinski definition) is 6. The molecule has 0 N–H and O–H groups in total. The normalized spacial score (nSPS) is 12.8. The molecule has 0 atom stereocenters. The van der Waals surface area contributed by atoms with Crippen LogP contribution in [0.4, 0.5) is 0 Å². The summed E-state index contributed by atoms with van der Waals surface area (Å²) in [6.07, 6.45) is 2.43. The summed E-state index contributed by atoms with van der Waals surface area (Å²) in [4.78, 5) is 70.5. The molecule has 0 saturated heterocycles. The fraction of sp³-hybridized carbons (Fsp3) is 1.00. The minimum absolute atomic E-state index is 0. The van der Waals surface area contributed by atoms with Crippen molar-refractivity contribution in [3.05, 3.63) is 59.8 Å². The van der Waals surface area contributed by atoms with Crippen molar-refractivity contribution in [1.82, 2.24) is 29.4 Å². The summed E-state index contributed by atoms with van der Waals surface area (Å²) in [5.41, 5.74) is 1.27. The Morgan fingerprint density at radius 3 is 0.477 bits per heavy atom. The minimum atomic E-state index is -1.29. The molecule has 36 heteroatoms. The maximum Gasteiger partial charge on any atom is 3.00 e. The van der Waals surface area contributed by atoms with E-state index in [0.29, 0.717) is 0 Å². The third kappa shape index (κ3) is 220. The Bertz CT molecular complexity index is 2180. The summed E-state index contributed by atoms with van der Waals surface area (Å²) in [7, 11) is -1.52. The molecular weight excluding hydrogens is 2100 g/mol. The molecule has 0 saturated carbocycles. The summed E-state index contributed by atoms with van der Waals surface area (Å²) >= 11 is 0. The average molecular weight is 2340 g/mol. The van der Waals surface area contributed by atoms with Crippen LogP contribution < -0.4 is 0 Å². The van der Waals surface area contributed by atoms with Gasteiger partial charge in [-0.15, -0.1) is 70.5 Å². The van der Waals surface area contributed by atoms with Crippen molar-refractivity contribution in [3.63, 3.8) is 0 Å². The Morgan fingerprint density at radius 1 is 0.174 bits per heavy atom. The van der Waals surface area contributed by atoms with Gasteiger partial charge in [0.25, 0.3) is 0 Å². The van der Waals surface area contributed by atoms with Crippen molar-refractivity contribution >= 4 is 98.8 Å². The van der Waals surface area contributed by atoms with Gasteiger partial charge in [-0.05, 0) is 121 Å². The molecule has 0 amide bonds. The molecule has 0 spiro atoms. The quantitative estimate of drug-likeness (QED) is 0.0437. The summed E-state index contributed by atoms with van der Waals surface area (Å²) < 4.78 is 0. The molecule has 0 aromatic carbocycles. The number of nitrogens with zero attached hydrogens (tertiary/aromatic N) is 18. The maximum absolute atomic E-state index is 4.97. The molecule has 816 valence electrons. The molecule has 0 aromatic rings. The summed E-state index contributed by atoms with van der Waals surface area (Å²) in [6, 6.07) is 0. The topological polar surface area (TPSA) is 189 Å². The number of hydrogen-bond donors (Lipinski definition) is 0. The van der Waals surface area contributed by atoms with E-state index in [1.807, 2.05) is 0 Å². The summed E-state index contributed by atoms with van der Waals surface area (Å²) in [6.45, 7) is 161. The molecule has 0 unspecified atom stereocenters. The maximum atomic E-state index is 4.97. The van der Waals surface area contributed by atoms with E-state index in [4.69, 9.17) is 14.9 Å². The molecule has 0 aromatic heterocycles. The molecule has 0 aliphatic heterocycles. The van der Waals surface area contributed by atoms with Crippen LogP contribution in [0.1, 0.15) is 207 Å². The van der Waals surface area contributed by atoms with Crippen molar-refractivity contribution in [3.8, 4) is 0 Å². The Balaban J connectivity index is -0.0000000670. The molecule has 0 rings (SSSR count). The molecule has 0 bridgehead atoms. The van der Waals surface area contributed by atoms with E-state index < -0.39 is 98.8 Å². The van der Waals surface area contributed by atoms with Gasteiger partial charge in [0.2, 0.25) is 0 Å². The standard InChI is InChI=1S/C11H27N2Si.C10H25N2Si.2C9H23N2Si.C8H21N2Si.C7H19N2Si.6C7H18NSi.6Co/c1-8-13(9-2)10-11(3,4)12-14(5,6)7;1-6-12(7-2)10-8-9-11-13(3,4)5;1-9(2,8-11(3)4)10-12(5,6)7;1-6-11(7-2)9-8-10-12(3,4)5;1-10(2)8-6-7-9-11(3,4)5;1-9(2)7-6-8-10(3,4)5;6*1-7(2,3)8-9(4,5)6;;;;;;/h8-10H2,1-7H3;6-10H2,1-5H3;8H2,1-7H3;6-9H2,1-5H3;6-8H2,1-5H3;6-7H2,1-5H3;6*1-6H3;;;;;;/q12*-1;6*+3. The van der Waals surface area contributed by atoms with Gasteiger partial charge in [-0.1, -0.05) is 541 Å². The minimum Gasteiger partial charge on any atom is -0.665 e. The van der Waals surface area contributed by atoms with Gasteiger partial charge in [-0.3, -0.25) is 0 Å². The largest absolute Gasteiger partial charge is 3.00 e. The van der Waals surface area contributed by atoms with Crippen LogP contribution in [-0.2, 0) is 101 Å². The van der Waals surface area contributed by atoms with Crippen LogP contribution in [-0.4, -0.2) is 320 Å². The van der Waals surface area contributed by atoms with Crippen LogP contribution in [0, 0.1) is 0 Å². The fourth-order valence-electron chi connectivity index (χ4n) is 13.4. The van der Waals surface area contributed by atoms with Crippen LogP contribution in [0.25, 0.3) is 59.8 Å². The van der Waals surface area contributed by atoms with E-state index in [2.05, 4.69) is 546 Å². The van der Waals surface area contributed by atoms with Crippen molar-refractivity contribution < 1.29 is 101 Å². The predicted molar refractivity (Wildman–Crippen MR) is 635 cm³/mol. The molecule has 0 aliphatic rings. The Morgan fingerprint density at radius 2 is 0.333 bits per heavy atom. The first-order chi connectivity index (χ1) is 54.4. The van der Waals surface area contributed by atoms with E-state index in [1.54, 1.807) is 0 Å². The fourth-order valence-corrected chi connectivity index (χ4v) is 32.4. The second-order valence-corrected chi connectivity index (χ2v) is 109. The van der Waals surface area contributed by atoms with Crippen LogP contribution in [0.2, 0.25) is 236 Å². The van der Waals surface area contributed by atoms with Crippen LogP contribution >= 0.6 is 0 Å². The van der Waals surface area contributed by atoms with Crippen molar-refractivity contribution in [2.45, 2.75) is 487 Å². The Kier molecular flexibility index (Phi) is 112. The number of rotatable bonds is 38. The predicted octanol–water partition coefficient (Wildman–Crippen LogP) is 33.2. The van der Waals surface area contributed by atoms with Gasteiger partial charge in [-0.25, -0.2) is 0 Å². The van der Waals surface area contributed by atoms with E-state index in [9.17, 15) is 0 Å². The van der Waals surface area contributed by atoms with Gasteiger partial charge in [0.1, 0.15) is 0 Å². The second-order valence-electron chi connectivity index (χ2n) is 54.2. The van der Waals surface area contributed by atoms with E-state index in [-0.39, 0.29) is 145 Å². The number of likely N-dealkylation sites (N-methyl/N-ethyl adjacent to an activating group) is 4. The molecule has 18 nitrogen and oxygen atoms in total. The van der Waals surface area contributed by atoms with E-state index in [0.717, 1.165) is 85.1 Å². The molecular formula is C96H246Co6N18Si12+6. The van der Waals surface area contributed by atoms with Crippen LogP contribution in [0.3, 0.4) is 0 Å². The zero-order chi connectivity index (χ0) is 105. The van der Waals surface area contributed by atoms with Crippen molar-refractivity contribution in [2.75, 3.05) is 147 Å². The molecule has 0 radical (unpaired) electrons. The monoisotopic (exact) mass is 2340 g/mol. The van der Waals surface area contributed by atoms with Crippen LogP contribution in [0.5, 0.6) is 0 Å².